The van der Waals surface area contributed by atoms with Crippen LogP contribution in [0.15, 0.2) is 12.1 Å². The van der Waals surface area contributed by atoms with E-state index in [4.69, 9.17) is 27.9 Å². The van der Waals surface area contributed by atoms with Gasteiger partial charge in [0.05, 0.1) is 34.6 Å². The largest absolute Gasteiger partial charge is 0.496 e. The number of benzene rings is 1. The van der Waals surface area contributed by atoms with Crippen LogP contribution < -0.4 is 4.74 Å². The molecule has 0 aromatic heterocycles. The Bertz CT molecular complexity index is 447. The summed E-state index contributed by atoms with van der Waals surface area (Å²) in [4.78, 5) is 21.4. The standard InChI is InChI=1S/C9H7Cl2NO4/c1-16-8-3-5(12(14)15)2-6(11)9(8)7(13)4-10/h2-3H,4H2,1H3. The third kappa shape index (κ3) is 2.43. The number of nitro benzene ring substituents is 1. The normalized spacial score (nSPS) is 9.94. The molecule has 1 aromatic carbocycles. The number of hydrogen-bond donors (Lipinski definition) is 0. The molecule has 0 amide bonds. The fourth-order valence-electron chi connectivity index (χ4n) is 1.17. The maximum absolute atomic E-state index is 11.4. The summed E-state index contributed by atoms with van der Waals surface area (Å²) < 4.78 is 4.87. The van der Waals surface area contributed by atoms with Gasteiger partial charge in [-0.15, -0.1) is 11.6 Å². The lowest BCUT2D eigenvalue weighted by molar-refractivity contribution is -0.384. The second-order valence-corrected chi connectivity index (χ2v) is 3.49. The molecule has 1 rings (SSSR count). The van der Waals surface area contributed by atoms with Gasteiger partial charge in [-0.2, -0.15) is 0 Å². The summed E-state index contributed by atoms with van der Waals surface area (Å²) in [5, 5.41) is 10.5. The van der Waals surface area contributed by atoms with Crippen molar-refractivity contribution in [2.45, 2.75) is 0 Å². The van der Waals surface area contributed by atoms with E-state index in [1.165, 1.54) is 7.11 Å². The lowest BCUT2D eigenvalue weighted by atomic mass is 10.1. The van der Waals surface area contributed by atoms with Gasteiger partial charge < -0.3 is 4.74 Å². The highest BCUT2D eigenvalue weighted by Crippen LogP contribution is 2.32. The molecule has 0 saturated heterocycles. The lowest BCUT2D eigenvalue weighted by Crippen LogP contribution is -2.05. The third-order valence-electron chi connectivity index (χ3n) is 1.87. The number of nitrogens with zero attached hydrogens (tertiary/aromatic N) is 1. The van der Waals surface area contributed by atoms with Gasteiger partial charge in [0.15, 0.2) is 5.78 Å². The van der Waals surface area contributed by atoms with Crippen LogP contribution >= 0.6 is 23.2 Å². The lowest BCUT2D eigenvalue weighted by Gasteiger charge is -2.07. The fraction of sp³-hybridized carbons (Fsp3) is 0.222. The number of carbonyl (C=O) groups is 1. The van der Waals surface area contributed by atoms with Crippen LogP contribution in [0.5, 0.6) is 5.75 Å². The van der Waals surface area contributed by atoms with Crippen molar-refractivity contribution in [2.24, 2.45) is 0 Å². The molecule has 0 atom stereocenters. The van der Waals surface area contributed by atoms with Crippen molar-refractivity contribution in [3.05, 3.63) is 32.8 Å². The fourth-order valence-corrected chi connectivity index (χ4v) is 1.62. The van der Waals surface area contributed by atoms with E-state index in [2.05, 4.69) is 0 Å². The Morgan fingerprint density at radius 3 is 2.62 bits per heavy atom. The van der Waals surface area contributed by atoms with Gasteiger partial charge in [-0.25, -0.2) is 0 Å². The van der Waals surface area contributed by atoms with Crippen LogP contribution in [0.1, 0.15) is 10.4 Å². The van der Waals surface area contributed by atoms with Crippen LogP contribution in [0.4, 0.5) is 5.69 Å². The second kappa shape index (κ2) is 5.14. The van der Waals surface area contributed by atoms with Gasteiger partial charge in [0.2, 0.25) is 0 Å². The number of halogens is 2. The molecule has 86 valence electrons. The van der Waals surface area contributed by atoms with Crippen molar-refractivity contribution in [2.75, 3.05) is 13.0 Å². The first-order valence-corrected chi connectivity index (χ1v) is 5.03. The summed E-state index contributed by atoms with van der Waals surface area (Å²) in [6, 6.07) is 2.22. The van der Waals surface area contributed by atoms with E-state index >= 15 is 0 Å². The summed E-state index contributed by atoms with van der Waals surface area (Å²) >= 11 is 11.2. The zero-order chi connectivity index (χ0) is 12.3. The Morgan fingerprint density at radius 1 is 1.56 bits per heavy atom. The molecule has 0 heterocycles. The molecule has 0 bridgehead atoms. The SMILES string of the molecule is COc1cc([N+](=O)[O-])cc(Cl)c1C(=O)CCl. The van der Waals surface area contributed by atoms with E-state index < -0.39 is 10.7 Å². The van der Waals surface area contributed by atoms with Crippen LogP contribution in [0.3, 0.4) is 0 Å². The van der Waals surface area contributed by atoms with Gasteiger partial charge in [-0.05, 0) is 0 Å². The van der Waals surface area contributed by atoms with Crippen molar-refractivity contribution >= 4 is 34.7 Å². The van der Waals surface area contributed by atoms with E-state index in [9.17, 15) is 14.9 Å². The maximum Gasteiger partial charge on any atom is 0.274 e. The molecule has 0 aliphatic heterocycles. The molecule has 1 aromatic rings. The average Bonchev–Trinajstić information content (AvgIpc) is 2.26. The minimum atomic E-state index is -0.622. The van der Waals surface area contributed by atoms with Crippen molar-refractivity contribution in [1.29, 1.82) is 0 Å². The number of ketones is 1. The molecule has 7 heteroatoms. The van der Waals surface area contributed by atoms with Crippen LogP contribution in [0.2, 0.25) is 5.02 Å². The molecule has 0 saturated carbocycles. The number of hydrogen-bond acceptors (Lipinski definition) is 4. The van der Waals surface area contributed by atoms with Gasteiger partial charge in [-0.1, -0.05) is 11.6 Å². The average molecular weight is 264 g/mol. The smallest absolute Gasteiger partial charge is 0.274 e. The van der Waals surface area contributed by atoms with Crippen LogP contribution in [-0.4, -0.2) is 23.7 Å². The topological polar surface area (TPSA) is 69.4 Å². The predicted octanol–water partition coefficient (Wildman–Crippen LogP) is 2.68. The minimum Gasteiger partial charge on any atom is -0.496 e. The monoisotopic (exact) mass is 263 g/mol. The highest BCUT2D eigenvalue weighted by molar-refractivity contribution is 6.38. The number of non-ortho nitro benzene ring substituents is 1. The molecule has 5 nitrogen and oxygen atoms in total. The molecular formula is C9H7Cl2NO4. The third-order valence-corrected chi connectivity index (χ3v) is 2.41. The number of nitro groups is 1. The van der Waals surface area contributed by atoms with Gasteiger partial charge in [0.1, 0.15) is 5.75 Å². The Hall–Kier alpha value is -1.33. The number of rotatable bonds is 4. The van der Waals surface area contributed by atoms with E-state index in [-0.39, 0.29) is 27.9 Å². The summed E-state index contributed by atoms with van der Waals surface area (Å²) in [5.41, 5.74) is -0.183. The zero-order valence-electron chi connectivity index (χ0n) is 8.20. The molecule has 0 unspecified atom stereocenters. The highest BCUT2D eigenvalue weighted by atomic mass is 35.5. The second-order valence-electron chi connectivity index (χ2n) is 2.82. The molecule has 0 fully saturated rings. The quantitative estimate of drug-likeness (QED) is 0.363. The minimum absolute atomic E-state index is 0.0447. The van der Waals surface area contributed by atoms with Crippen LogP contribution in [-0.2, 0) is 0 Å². The first kappa shape index (κ1) is 12.7. The van der Waals surface area contributed by atoms with Crippen LogP contribution in [0, 0.1) is 10.1 Å². The van der Waals surface area contributed by atoms with Crippen molar-refractivity contribution in [3.8, 4) is 5.75 Å². The predicted molar refractivity (Wildman–Crippen MR) is 59.7 cm³/mol. The Kier molecular flexibility index (Phi) is 4.09. The van der Waals surface area contributed by atoms with Crippen molar-refractivity contribution < 1.29 is 14.5 Å². The summed E-state index contributed by atoms with van der Waals surface area (Å²) in [6.45, 7) is 0. The Balaban J connectivity index is 3.40. The van der Waals surface area contributed by atoms with Crippen molar-refractivity contribution in [1.82, 2.24) is 0 Å². The molecule has 0 aliphatic rings. The molecule has 0 spiro atoms. The molecule has 0 radical (unpaired) electrons. The zero-order valence-corrected chi connectivity index (χ0v) is 9.71. The van der Waals surface area contributed by atoms with Gasteiger partial charge in [0.25, 0.3) is 5.69 Å². The summed E-state index contributed by atoms with van der Waals surface area (Å²) in [7, 11) is 1.29. The van der Waals surface area contributed by atoms with E-state index in [0.29, 0.717) is 0 Å². The molecule has 16 heavy (non-hydrogen) atoms. The van der Waals surface area contributed by atoms with Gasteiger partial charge in [-0.3, -0.25) is 14.9 Å². The number of ether oxygens (including phenoxy) is 1. The summed E-state index contributed by atoms with van der Waals surface area (Å²) in [5.74, 6) is -0.670. The van der Waals surface area contributed by atoms with Gasteiger partial charge >= 0.3 is 0 Å². The number of carbonyl (C=O) groups excluding carboxylic acids is 1. The van der Waals surface area contributed by atoms with E-state index in [1.807, 2.05) is 0 Å². The first-order valence-electron chi connectivity index (χ1n) is 4.12. The van der Waals surface area contributed by atoms with E-state index in [1.54, 1.807) is 0 Å². The van der Waals surface area contributed by atoms with Gasteiger partial charge in [0, 0.05) is 6.07 Å². The van der Waals surface area contributed by atoms with Crippen molar-refractivity contribution in [3.63, 3.8) is 0 Å². The molecule has 0 N–H and O–H groups in total. The maximum atomic E-state index is 11.4. The summed E-state index contributed by atoms with van der Waals surface area (Å²) in [6.07, 6.45) is 0. The van der Waals surface area contributed by atoms with E-state index in [0.717, 1.165) is 12.1 Å². The molecule has 0 aliphatic carbocycles. The number of alkyl halides is 1. The number of methoxy groups -OCH3 is 1. The molecular weight excluding hydrogens is 257 g/mol. The van der Waals surface area contributed by atoms with Crippen LogP contribution in [0.25, 0.3) is 0 Å². The first-order chi connectivity index (χ1) is 7.51. The Labute approximate surface area is 101 Å². The number of Topliss-reactive ketones (excluding diaryl/α,β-unsaturated/α-hetero) is 1. The Morgan fingerprint density at radius 2 is 2.19 bits per heavy atom. The highest BCUT2D eigenvalue weighted by Gasteiger charge is 2.20.